The molecule has 0 bridgehead atoms. The number of carbonyl (C=O) groups is 1. The Morgan fingerprint density at radius 1 is 1.00 bits per heavy atom. The van der Waals surface area contributed by atoms with Crippen LogP contribution in [-0.4, -0.2) is 45.4 Å². The van der Waals surface area contributed by atoms with E-state index in [4.69, 9.17) is 26.0 Å². The van der Waals surface area contributed by atoms with Crippen molar-refractivity contribution in [1.29, 1.82) is 0 Å². The highest BCUT2D eigenvalue weighted by Crippen LogP contribution is 2.39. The van der Waals surface area contributed by atoms with Crippen LogP contribution in [0.1, 0.15) is 17.2 Å². The Morgan fingerprint density at radius 3 is 2.33 bits per heavy atom. The lowest BCUT2D eigenvalue weighted by molar-refractivity contribution is -0.199. The lowest BCUT2D eigenvalue weighted by Crippen LogP contribution is -2.32. The summed E-state index contributed by atoms with van der Waals surface area (Å²) in [7, 11) is 1.43. The smallest absolute Gasteiger partial charge is 0.429 e. The van der Waals surface area contributed by atoms with Gasteiger partial charge in [-0.05, 0) is 29.7 Å². The van der Waals surface area contributed by atoms with Gasteiger partial charge in [0.25, 0.3) is 0 Å². The second-order valence-corrected chi connectivity index (χ2v) is 8.68. The number of carboxylic acids is 1. The van der Waals surface area contributed by atoms with Crippen molar-refractivity contribution >= 4 is 11.9 Å². The molecular weight excluding hydrogens is 534 g/mol. The van der Waals surface area contributed by atoms with Gasteiger partial charge in [0.05, 0.1) is 19.0 Å². The van der Waals surface area contributed by atoms with Crippen molar-refractivity contribution in [3.63, 3.8) is 0 Å². The van der Waals surface area contributed by atoms with Crippen molar-refractivity contribution in [2.24, 2.45) is 5.73 Å². The van der Waals surface area contributed by atoms with E-state index in [1.54, 1.807) is 30.3 Å². The van der Waals surface area contributed by atoms with E-state index in [0.717, 1.165) is 18.2 Å². The fraction of sp³-hybridized carbons (Fsp3) is 0.185. The standard InChI is InChI=1S/C27H23F4N5O4/c1-39-18-9-17(12-34-13-18)16-6-7-19(20(28)10-16)24(27(29,30)31)40-23-11-22(35-26(33)36-23)15-4-2-14(3-5-15)8-21(32)25(37)38/h2-7,9-13,21,24H,8,32H2,1H3,(H,37,38)(H2,33,35,36). The molecule has 40 heavy (non-hydrogen) atoms. The van der Waals surface area contributed by atoms with Crippen molar-refractivity contribution in [2.45, 2.75) is 24.7 Å². The number of hydrogen-bond acceptors (Lipinski definition) is 8. The van der Waals surface area contributed by atoms with Crippen LogP contribution in [0.4, 0.5) is 23.5 Å². The third-order valence-corrected chi connectivity index (χ3v) is 5.84. The van der Waals surface area contributed by atoms with E-state index in [-0.39, 0.29) is 23.6 Å². The molecule has 0 aliphatic rings. The Hall–Kier alpha value is -4.78. The second-order valence-electron chi connectivity index (χ2n) is 8.68. The number of carboxylic acid groups (broad SMARTS) is 1. The van der Waals surface area contributed by atoms with Crippen LogP contribution >= 0.6 is 0 Å². The average molecular weight is 558 g/mol. The first-order valence-electron chi connectivity index (χ1n) is 11.7. The van der Waals surface area contributed by atoms with Crippen LogP contribution in [0.25, 0.3) is 22.4 Å². The maximum absolute atomic E-state index is 15.1. The van der Waals surface area contributed by atoms with Gasteiger partial charge in [0, 0.05) is 29.0 Å². The summed E-state index contributed by atoms with van der Waals surface area (Å²) in [4.78, 5) is 22.7. The van der Waals surface area contributed by atoms with Crippen LogP contribution in [0.15, 0.2) is 67.0 Å². The molecule has 4 rings (SSSR count). The third-order valence-electron chi connectivity index (χ3n) is 5.84. The van der Waals surface area contributed by atoms with E-state index in [2.05, 4.69) is 15.0 Å². The summed E-state index contributed by atoms with van der Waals surface area (Å²) >= 11 is 0. The molecule has 0 aliphatic heterocycles. The minimum Gasteiger partial charge on any atom is -0.495 e. The van der Waals surface area contributed by atoms with E-state index < -0.39 is 41.6 Å². The highest BCUT2D eigenvalue weighted by atomic mass is 19.4. The van der Waals surface area contributed by atoms with Gasteiger partial charge in [-0.15, -0.1) is 0 Å². The number of nitrogens with two attached hydrogens (primary N) is 2. The van der Waals surface area contributed by atoms with Gasteiger partial charge in [-0.25, -0.2) is 9.37 Å². The largest absolute Gasteiger partial charge is 0.495 e. The van der Waals surface area contributed by atoms with E-state index in [9.17, 15) is 18.0 Å². The molecule has 2 aromatic heterocycles. The number of alkyl halides is 3. The summed E-state index contributed by atoms with van der Waals surface area (Å²) in [5.41, 5.74) is 12.5. The molecule has 0 radical (unpaired) electrons. The van der Waals surface area contributed by atoms with Crippen molar-refractivity contribution in [3.05, 3.63) is 83.9 Å². The topological polar surface area (TPSA) is 146 Å². The van der Waals surface area contributed by atoms with Gasteiger partial charge >= 0.3 is 12.1 Å². The van der Waals surface area contributed by atoms with Gasteiger partial charge in [0.2, 0.25) is 17.9 Å². The molecule has 0 saturated carbocycles. The first kappa shape index (κ1) is 28.2. The maximum Gasteiger partial charge on any atom is 0.429 e. The molecule has 2 atom stereocenters. The highest BCUT2D eigenvalue weighted by molar-refractivity contribution is 5.73. The van der Waals surface area contributed by atoms with Crippen molar-refractivity contribution in [2.75, 3.05) is 12.8 Å². The number of aliphatic carboxylic acids is 1. The van der Waals surface area contributed by atoms with Crippen LogP contribution in [0.5, 0.6) is 11.6 Å². The summed E-state index contributed by atoms with van der Waals surface area (Å²) < 4.78 is 67.6. The summed E-state index contributed by atoms with van der Waals surface area (Å²) in [6.45, 7) is 0. The molecule has 4 aromatic rings. The van der Waals surface area contributed by atoms with Crippen molar-refractivity contribution in [3.8, 4) is 34.0 Å². The molecule has 0 amide bonds. The summed E-state index contributed by atoms with van der Waals surface area (Å²) in [5, 5.41) is 8.97. The molecule has 5 N–H and O–H groups in total. The SMILES string of the molecule is COc1cncc(-c2ccc(C(Oc3cc(-c4ccc(CC(N)C(=O)O)cc4)nc(N)n3)C(F)(F)F)c(F)c2)c1. The second kappa shape index (κ2) is 11.5. The van der Waals surface area contributed by atoms with Crippen molar-refractivity contribution in [1.82, 2.24) is 15.0 Å². The summed E-state index contributed by atoms with van der Waals surface area (Å²) in [5.74, 6) is -2.81. The normalized spacial score (nSPS) is 12.9. The summed E-state index contributed by atoms with van der Waals surface area (Å²) in [6.07, 6.45) is -4.78. The monoisotopic (exact) mass is 557 g/mol. The highest BCUT2D eigenvalue weighted by Gasteiger charge is 2.45. The Kier molecular flexibility index (Phi) is 8.14. The average Bonchev–Trinajstić information content (AvgIpc) is 2.91. The zero-order chi connectivity index (χ0) is 29.0. The Bertz CT molecular complexity index is 1520. The Labute approximate surface area is 225 Å². The zero-order valence-corrected chi connectivity index (χ0v) is 20.9. The zero-order valence-electron chi connectivity index (χ0n) is 20.9. The number of nitrogen functional groups attached to an aromatic ring is 1. The molecule has 2 unspecified atom stereocenters. The first-order chi connectivity index (χ1) is 18.9. The Morgan fingerprint density at radius 2 is 1.70 bits per heavy atom. The predicted molar refractivity (Wildman–Crippen MR) is 137 cm³/mol. The lowest BCUT2D eigenvalue weighted by Gasteiger charge is -2.22. The minimum absolute atomic E-state index is 0.0713. The van der Waals surface area contributed by atoms with Crippen LogP contribution in [-0.2, 0) is 11.2 Å². The van der Waals surface area contributed by atoms with E-state index >= 15 is 4.39 Å². The molecule has 0 saturated heterocycles. The summed E-state index contributed by atoms with van der Waals surface area (Å²) in [6, 6.07) is 11.2. The van der Waals surface area contributed by atoms with Crippen LogP contribution < -0.4 is 20.9 Å². The fourth-order valence-corrected chi connectivity index (χ4v) is 3.84. The molecule has 208 valence electrons. The Balaban J connectivity index is 1.62. The molecule has 2 heterocycles. The van der Waals surface area contributed by atoms with Gasteiger partial charge < -0.3 is 26.0 Å². The number of nitrogens with zero attached hydrogens (tertiary/aromatic N) is 3. The number of benzene rings is 2. The van der Waals surface area contributed by atoms with E-state index in [1.807, 2.05) is 0 Å². The first-order valence-corrected chi connectivity index (χ1v) is 11.7. The van der Waals surface area contributed by atoms with Crippen molar-refractivity contribution < 1.29 is 36.9 Å². The third kappa shape index (κ3) is 6.61. The fourth-order valence-electron chi connectivity index (χ4n) is 3.84. The number of aromatic nitrogens is 3. The van der Waals surface area contributed by atoms with Gasteiger partial charge in [0.1, 0.15) is 17.6 Å². The molecule has 13 heteroatoms. The number of halogens is 4. The van der Waals surface area contributed by atoms with Gasteiger partial charge in [0.15, 0.2) is 0 Å². The number of ether oxygens (including phenoxy) is 2. The van der Waals surface area contributed by atoms with Crippen LogP contribution in [0.2, 0.25) is 0 Å². The molecule has 0 fully saturated rings. The maximum atomic E-state index is 15.1. The van der Waals surface area contributed by atoms with Gasteiger partial charge in [-0.1, -0.05) is 36.4 Å². The molecular formula is C27H23F4N5O4. The number of pyridine rings is 1. The number of methoxy groups -OCH3 is 1. The lowest BCUT2D eigenvalue weighted by atomic mass is 10.0. The molecule has 0 spiro atoms. The molecule has 9 nitrogen and oxygen atoms in total. The number of hydrogen-bond donors (Lipinski definition) is 3. The van der Waals surface area contributed by atoms with E-state index in [1.165, 1.54) is 25.6 Å². The van der Waals surface area contributed by atoms with E-state index in [0.29, 0.717) is 22.4 Å². The number of anilines is 1. The van der Waals surface area contributed by atoms with Gasteiger partial charge in [-0.3, -0.25) is 9.78 Å². The number of rotatable bonds is 9. The minimum atomic E-state index is -5.01. The van der Waals surface area contributed by atoms with Crippen LogP contribution in [0.3, 0.4) is 0 Å². The predicted octanol–water partition coefficient (Wildman–Crippen LogP) is 4.57. The van der Waals surface area contributed by atoms with Gasteiger partial charge in [-0.2, -0.15) is 18.2 Å². The quantitative estimate of drug-likeness (QED) is 0.252. The van der Waals surface area contributed by atoms with Crippen LogP contribution in [0, 0.1) is 5.82 Å². The molecule has 2 aromatic carbocycles. The molecule has 0 aliphatic carbocycles.